The number of nitrogens with zero attached hydrogens (tertiary/aromatic N) is 2. The van der Waals surface area contributed by atoms with E-state index in [1.54, 1.807) is 18.2 Å². The van der Waals surface area contributed by atoms with Crippen LogP contribution in [0.2, 0.25) is 0 Å². The van der Waals surface area contributed by atoms with Crippen LogP contribution in [0.5, 0.6) is 23.0 Å². The lowest BCUT2D eigenvalue weighted by Gasteiger charge is -2.27. The highest BCUT2D eigenvalue weighted by Gasteiger charge is 2.31. The van der Waals surface area contributed by atoms with Gasteiger partial charge in [0.25, 0.3) is 0 Å². The fourth-order valence-electron chi connectivity index (χ4n) is 4.07. The zero-order valence-corrected chi connectivity index (χ0v) is 21.5. The molecule has 0 aromatic heterocycles. The molecule has 0 saturated heterocycles. The molecule has 3 aromatic rings. The number of ether oxygens (including phenoxy) is 4. The first-order chi connectivity index (χ1) is 18.8. The molecule has 0 saturated carbocycles. The smallest absolute Gasteiger partial charge is 0.349 e. The molecule has 0 radical (unpaired) electrons. The predicted molar refractivity (Wildman–Crippen MR) is 141 cm³/mol. The summed E-state index contributed by atoms with van der Waals surface area (Å²) in [5.74, 6) is 0.288. The van der Waals surface area contributed by atoms with Crippen molar-refractivity contribution < 1.29 is 28.7 Å². The van der Waals surface area contributed by atoms with Crippen molar-refractivity contribution >= 4 is 11.7 Å². The zero-order chi connectivity index (χ0) is 27.9. The predicted octanol–water partition coefficient (Wildman–Crippen LogP) is 5.22. The van der Waals surface area contributed by atoms with Gasteiger partial charge < -0.3 is 24.7 Å². The average molecular weight is 530 g/mol. The van der Waals surface area contributed by atoms with Crippen molar-refractivity contribution in [3.8, 4) is 29.1 Å². The normalized spacial score (nSPS) is 14.2. The average Bonchev–Trinajstić information content (AvgIpc) is 2.91. The van der Waals surface area contributed by atoms with Crippen molar-refractivity contribution in [2.75, 3.05) is 13.2 Å². The number of hydrogen-bond donors (Lipinski definition) is 1. The summed E-state index contributed by atoms with van der Waals surface area (Å²) in [6, 6.07) is 20.1. The number of carbonyl (C=O) groups excluding carboxylic acids is 1. The lowest BCUT2D eigenvalue weighted by molar-refractivity contribution is -0.385. The van der Waals surface area contributed by atoms with Crippen molar-refractivity contribution in [3.05, 3.63) is 99.4 Å². The summed E-state index contributed by atoms with van der Waals surface area (Å²) in [7, 11) is 0. The monoisotopic (exact) mass is 529 g/mol. The summed E-state index contributed by atoms with van der Waals surface area (Å²) < 4.78 is 22.3. The number of nitrogens with two attached hydrogens (primary N) is 1. The van der Waals surface area contributed by atoms with Crippen molar-refractivity contribution in [2.45, 2.75) is 26.2 Å². The minimum Gasteiger partial charge on any atom is -0.494 e. The lowest BCUT2D eigenvalue weighted by Crippen LogP contribution is -2.22. The van der Waals surface area contributed by atoms with Crippen molar-refractivity contribution in [1.82, 2.24) is 0 Å². The Morgan fingerprint density at radius 3 is 2.64 bits per heavy atom. The van der Waals surface area contributed by atoms with Gasteiger partial charge in [-0.15, -0.1) is 0 Å². The van der Waals surface area contributed by atoms with Crippen LogP contribution in [-0.2, 0) is 4.79 Å². The maximum atomic E-state index is 12.4. The number of nitriles is 1. The second kappa shape index (κ2) is 12.0. The van der Waals surface area contributed by atoms with Gasteiger partial charge in [-0.3, -0.25) is 10.1 Å². The van der Waals surface area contributed by atoms with Crippen LogP contribution in [0.4, 0.5) is 5.69 Å². The van der Waals surface area contributed by atoms with Crippen LogP contribution >= 0.6 is 0 Å². The molecule has 0 aliphatic carbocycles. The van der Waals surface area contributed by atoms with Crippen LogP contribution in [0, 0.1) is 27.4 Å². The molecule has 0 bridgehead atoms. The molecule has 200 valence electrons. The molecule has 1 aliphatic rings. The van der Waals surface area contributed by atoms with E-state index in [1.807, 2.05) is 24.3 Å². The van der Waals surface area contributed by atoms with Gasteiger partial charge in [-0.05, 0) is 42.2 Å². The molecule has 10 nitrogen and oxygen atoms in total. The number of fused-ring (bicyclic) bond motifs is 1. The maximum Gasteiger partial charge on any atom is 0.349 e. The largest absolute Gasteiger partial charge is 0.494 e. The molecule has 10 heteroatoms. The van der Waals surface area contributed by atoms with Crippen LogP contribution in [0.3, 0.4) is 0 Å². The van der Waals surface area contributed by atoms with E-state index in [4.69, 9.17) is 24.7 Å². The number of benzene rings is 3. The molecule has 39 heavy (non-hydrogen) atoms. The van der Waals surface area contributed by atoms with E-state index < -0.39 is 23.4 Å². The summed E-state index contributed by atoms with van der Waals surface area (Å²) in [6.45, 7) is 4.28. The van der Waals surface area contributed by atoms with E-state index in [-0.39, 0.29) is 28.6 Å². The summed E-state index contributed by atoms with van der Waals surface area (Å²) in [4.78, 5) is 22.9. The SMILES string of the molecule is CC(C)CCOc1cccc(C2C(C#N)=C(N)Oc3cc(OC(=O)COc4ccccc4[N+](=O)[O-])ccc32)c1. The lowest BCUT2D eigenvalue weighted by atomic mass is 9.83. The van der Waals surface area contributed by atoms with Gasteiger partial charge in [0.1, 0.15) is 28.9 Å². The molecule has 4 rings (SSSR count). The number of nitro groups is 1. The molecular formula is C29H27N3O7. The minimum atomic E-state index is -0.770. The minimum absolute atomic E-state index is 0.0478. The fourth-order valence-corrected chi connectivity index (χ4v) is 4.07. The number of esters is 1. The van der Waals surface area contributed by atoms with Gasteiger partial charge in [-0.1, -0.05) is 44.2 Å². The number of nitro benzene ring substituents is 1. The third-order valence-electron chi connectivity index (χ3n) is 5.99. The molecule has 0 amide bonds. The maximum absolute atomic E-state index is 12.4. The molecule has 1 heterocycles. The number of hydrogen-bond acceptors (Lipinski definition) is 9. The number of allylic oxidation sites excluding steroid dienone is 1. The first-order valence-electron chi connectivity index (χ1n) is 12.3. The Morgan fingerprint density at radius 2 is 1.90 bits per heavy atom. The topological polar surface area (TPSA) is 147 Å². The van der Waals surface area contributed by atoms with Crippen LogP contribution in [0.25, 0.3) is 0 Å². The van der Waals surface area contributed by atoms with Gasteiger partial charge in [-0.2, -0.15) is 5.26 Å². The Labute approximate surface area is 225 Å². The first kappa shape index (κ1) is 27.0. The molecule has 0 spiro atoms. The Balaban J connectivity index is 1.52. The second-order valence-corrected chi connectivity index (χ2v) is 9.22. The molecule has 0 fully saturated rings. The Hall–Kier alpha value is -5.04. The fraction of sp³-hybridized carbons (Fsp3) is 0.241. The van der Waals surface area contributed by atoms with Crippen molar-refractivity contribution in [3.63, 3.8) is 0 Å². The standard InChI is InChI=1S/C29H27N3O7/c1-18(2)12-13-36-20-7-5-6-19(14-20)28-22-11-10-21(15-26(22)39-29(31)23(28)16-30)38-27(33)17-37-25-9-4-3-8-24(25)32(34)35/h3-11,14-15,18,28H,12-13,17,31H2,1-2H3. The Kier molecular flexibility index (Phi) is 8.31. The van der Waals surface area contributed by atoms with Gasteiger partial charge in [0.15, 0.2) is 12.4 Å². The van der Waals surface area contributed by atoms with Crippen LogP contribution in [0.15, 0.2) is 78.2 Å². The Morgan fingerprint density at radius 1 is 1.10 bits per heavy atom. The van der Waals surface area contributed by atoms with Gasteiger partial charge in [0.05, 0.1) is 17.4 Å². The summed E-state index contributed by atoms with van der Waals surface area (Å²) in [5.41, 5.74) is 7.56. The highest BCUT2D eigenvalue weighted by molar-refractivity contribution is 5.74. The van der Waals surface area contributed by atoms with Gasteiger partial charge in [0, 0.05) is 17.7 Å². The van der Waals surface area contributed by atoms with E-state index in [0.717, 1.165) is 12.0 Å². The van der Waals surface area contributed by atoms with Crippen LogP contribution in [0.1, 0.15) is 37.3 Å². The Bertz CT molecular complexity index is 1460. The van der Waals surface area contributed by atoms with E-state index >= 15 is 0 Å². The third-order valence-corrected chi connectivity index (χ3v) is 5.99. The van der Waals surface area contributed by atoms with E-state index in [9.17, 15) is 20.2 Å². The van der Waals surface area contributed by atoms with E-state index in [1.165, 1.54) is 24.3 Å². The molecule has 1 atom stereocenters. The molecule has 2 N–H and O–H groups in total. The summed E-state index contributed by atoms with van der Waals surface area (Å²) >= 11 is 0. The zero-order valence-electron chi connectivity index (χ0n) is 21.5. The third kappa shape index (κ3) is 6.45. The molecular weight excluding hydrogens is 502 g/mol. The quantitative estimate of drug-likeness (QED) is 0.161. The van der Waals surface area contributed by atoms with E-state index in [2.05, 4.69) is 19.9 Å². The number of rotatable bonds is 10. The van der Waals surface area contributed by atoms with Crippen LogP contribution < -0.4 is 24.7 Å². The van der Waals surface area contributed by atoms with Gasteiger partial charge in [-0.25, -0.2) is 4.79 Å². The van der Waals surface area contributed by atoms with Crippen molar-refractivity contribution in [2.24, 2.45) is 11.7 Å². The van der Waals surface area contributed by atoms with Crippen molar-refractivity contribution in [1.29, 1.82) is 5.26 Å². The second-order valence-electron chi connectivity index (χ2n) is 9.22. The van der Waals surface area contributed by atoms with Gasteiger partial charge >= 0.3 is 11.7 Å². The van der Waals surface area contributed by atoms with Crippen LogP contribution in [-0.4, -0.2) is 24.1 Å². The highest BCUT2D eigenvalue weighted by Crippen LogP contribution is 2.44. The number of para-hydroxylation sites is 2. The summed E-state index contributed by atoms with van der Waals surface area (Å²) in [5, 5.41) is 21.0. The highest BCUT2D eigenvalue weighted by atomic mass is 16.6. The van der Waals surface area contributed by atoms with E-state index in [0.29, 0.717) is 29.6 Å². The first-order valence-corrected chi connectivity index (χ1v) is 12.3. The molecule has 1 aliphatic heterocycles. The molecule has 3 aromatic carbocycles. The number of carbonyl (C=O) groups is 1. The molecule has 1 unspecified atom stereocenters. The van der Waals surface area contributed by atoms with Gasteiger partial charge in [0.2, 0.25) is 5.88 Å². The summed E-state index contributed by atoms with van der Waals surface area (Å²) in [6.07, 6.45) is 0.912.